The van der Waals surface area contributed by atoms with E-state index >= 15 is 0 Å². The van der Waals surface area contributed by atoms with Crippen LogP contribution in [0, 0.1) is 5.92 Å². The Morgan fingerprint density at radius 3 is 2.34 bits per heavy atom. The Kier molecular flexibility index (Phi) is 9.00. The number of hydrogen-bond donors (Lipinski definition) is 1. The first-order valence-electron chi connectivity index (χ1n) is 9.90. The number of rotatable bonds is 10. The molecule has 0 spiro atoms. The molecule has 0 bridgehead atoms. The van der Waals surface area contributed by atoms with Gasteiger partial charge in [-0.25, -0.2) is 0 Å². The molecule has 0 saturated carbocycles. The minimum absolute atomic E-state index is 0.150. The standard InChI is InChI=1S/C23H29ClN2O3/c1-4-21(23(28)25-14-17(2)3)26(15-18-10-8-9-13-20(18)24)22(27)16-29-19-11-6-5-7-12-19/h5-13,17,21H,4,14-16H2,1-3H3,(H,25,28). The summed E-state index contributed by atoms with van der Waals surface area (Å²) >= 11 is 6.31. The molecule has 2 rings (SSSR count). The van der Waals surface area contributed by atoms with Gasteiger partial charge in [-0.15, -0.1) is 0 Å². The van der Waals surface area contributed by atoms with Crippen LogP contribution < -0.4 is 10.1 Å². The van der Waals surface area contributed by atoms with Crippen LogP contribution in [0.2, 0.25) is 5.02 Å². The lowest BCUT2D eigenvalue weighted by Crippen LogP contribution is -2.50. The molecule has 1 atom stereocenters. The number of ether oxygens (including phenoxy) is 1. The largest absolute Gasteiger partial charge is 0.484 e. The highest BCUT2D eigenvalue weighted by molar-refractivity contribution is 6.31. The third-order valence-corrected chi connectivity index (χ3v) is 4.84. The molecule has 0 aliphatic carbocycles. The van der Waals surface area contributed by atoms with Gasteiger partial charge in [0.15, 0.2) is 6.61 Å². The minimum Gasteiger partial charge on any atom is -0.484 e. The van der Waals surface area contributed by atoms with E-state index in [1.807, 2.05) is 57.2 Å². The van der Waals surface area contributed by atoms with Crippen LogP contribution >= 0.6 is 11.6 Å². The van der Waals surface area contributed by atoms with Crippen molar-refractivity contribution in [2.24, 2.45) is 5.92 Å². The molecule has 29 heavy (non-hydrogen) atoms. The molecule has 0 radical (unpaired) electrons. The fraction of sp³-hybridized carbons (Fsp3) is 0.391. The Morgan fingerprint density at radius 1 is 1.07 bits per heavy atom. The van der Waals surface area contributed by atoms with Crippen molar-refractivity contribution in [3.8, 4) is 5.75 Å². The molecule has 1 unspecified atom stereocenters. The van der Waals surface area contributed by atoms with Gasteiger partial charge in [0.2, 0.25) is 5.91 Å². The van der Waals surface area contributed by atoms with Gasteiger partial charge in [0.05, 0.1) is 0 Å². The van der Waals surface area contributed by atoms with E-state index in [2.05, 4.69) is 5.32 Å². The van der Waals surface area contributed by atoms with Crippen molar-refractivity contribution in [3.05, 3.63) is 65.2 Å². The SMILES string of the molecule is CCC(C(=O)NCC(C)C)N(Cc1ccccc1Cl)C(=O)COc1ccccc1. The van der Waals surface area contributed by atoms with Gasteiger partial charge in [-0.05, 0) is 36.1 Å². The van der Waals surface area contributed by atoms with E-state index in [0.717, 1.165) is 5.56 Å². The number of halogens is 1. The molecule has 2 aromatic rings. The maximum absolute atomic E-state index is 13.1. The third kappa shape index (κ3) is 7.09. The maximum atomic E-state index is 13.1. The number of carbonyl (C=O) groups is 2. The van der Waals surface area contributed by atoms with Crippen molar-refractivity contribution in [1.82, 2.24) is 10.2 Å². The molecule has 0 aromatic heterocycles. The molecule has 2 aromatic carbocycles. The number of nitrogens with one attached hydrogen (secondary N) is 1. The maximum Gasteiger partial charge on any atom is 0.261 e. The van der Waals surface area contributed by atoms with E-state index in [1.165, 1.54) is 0 Å². The predicted octanol–water partition coefficient (Wildman–Crippen LogP) is 4.30. The molecule has 156 valence electrons. The van der Waals surface area contributed by atoms with E-state index < -0.39 is 6.04 Å². The second-order valence-electron chi connectivity index (χ2n) is 7.28. The second-order valence-corrected chi connectivity index (χ2v) is 7.69. The molecule has 0 saturated heterocycles. The van der Waals surface area contributed by atoms with Crippen LogP contribution in [-0.4, -0.2) is 35.9 Å². The van der Waals surface area contributed by atoms with E-state index in [0.29, 0.717) is 29.7 Å². The van der Waals surface area contributed by atoms with Gasteiger partial charge in [0.1, 0.15) is 11.8 Å². The lowest BCUT2D eigenvalue weighted by molar-refractivity contribution is -0.143. The Bertz CT molecular complexity index is 796. The quantitative estimate of drug-likeness (QED) is 0.628. The van der Waals surface area contributed by atoms with Gasteiger partial charge in [-0.3, -0.25) is 9.59 Å². The van der Waals surface area contributed by atoms with Crippen LogP contribution in [0.25, 0.3) is 0 Å². The first-order chi connectivity index (χ1) is 13.9. The summed E-state index contributed by atoms with van der Waals surface area (Å²) in [5, 5.41) is 3.50. The Labute approximate surface area is 178 Å². The van der Waals surface area contributed by atoms with E-state index in [9.17, 15) is 9.59 Å². The summed E-state index contributed by atoms with van der Waals surface area (Å²) in [4.78, 5) is 27.4. The van der Waals surface area contributed by atoms with Crippen LogP contribution in [0.4, 0.5) is 0 Å². The predicted molar refractivity (Wildman–Crippen MR) is 116 cm³/mol. The summed E-state index contributed by atoms with van der Waals surface area (Å²) in [5.74, 6) is 0.503. The number of carbonyl (C=O) groups excluding carboxylic acids is 2. The first kappa shape index (κ1) is 22.8. The second kappa shape index (κ2) is 11.5. The third-order valence-electron chi connectivity index (χ3n) is 4.47. The summed E-state index contributed by atoms with van der Waals surface area (Å²) in [6.45, 7) is 6.60. The molecule has 6 heteroatoms. The van der Waals surface area contributed by atoms with Gasteiger partial charge in [-0.1, -0.05) is 68.8 Å². The van der Waals surface area contributed by atoms with E-state index in [1.54, 1.807) is 23.1 Å². The molecular formula is C23H29ClN2O3. The lowest BCUT2D eigenvalue weighted by atomic mass is 10.1. The number of hydrogen-bond acceptors (Lipinski definition) is 3. The summed E-state index contributed by atoms with van der Waals surface area (Å²) in [6.07, 6.45) is 0.492. The van der Waals surface area contributed by atoms with Gasteiger partial charge in [0.25, 0.3) is 5.91 Å². The summed E-state index contributed by atoms with van der Waals surface area (Å²) in [6, 6.07) is 15.9. The Balaban J connectivity index is 2.19. The summed E-state index contributed by atoms with van der Waals surface area (Å²) in [7, 11) is 0. The lowest BCUT2D eigenvalue weighted by Gasteiger charge is -2.31. The summed E-state index contributed by atoms with van der Waals surface area (Å²) < 4.78 is 5.63. The number of para-hydroxylation sites is 1. The van der Waals surface area contributed by atoms with Gasteiger partial charge in [0, 0.05) is 18.1 Å². The normalized spacial score (nSPS) is 11.8. The first-order valence-corrected chi connectivity index (χ1v) is 10.3. The van der Waals surface area contributed by atoms with Gasteiger partial charge in [-0.2, -0.15) is 0 Å². The van der Waals surface area contributed by atoms with Gasteiger partial charge < -0.3 is 15.0 Å². The van der Waals surface area contributed by atoms with Crippen molar-refractivity contribution < 1.29 is 14.3 Å². The van der Waals surface area contributed by atoms with Crippen molar-refractivity contribution in [3.63, 3.8) is 0 Å². The molecule has 0 fully saturated rings. The fourth-order valence-corrected chi connectivity index (χ4v) is 3.09. The van der Waals surface area contributed by atoms with Crippen molar-refractivity contribution in [1.29, 1.82) is 0 Å². The van der Waals surface area contributed by atoms with Crippen LogP contribution in [0.5, 0.6) is 5.75 Å². The zero-order chi connectivity index (χ0) is 21.2. The molecule has 0 aliphatic rings. The van der Waals surface area contributed by atoms with Crippen LogP contribution in [0.3, 0.4) is 0 Å². The number of nitrogens with zero attached hydrogens (tertiary/aromatic N) is 1. The fourth-order valence-electron chi connectivity index (χ4n) is 2.90. The number of benzene rings is 2. The molecular weight excluding hydrogens is 388 g/mol. The summed E-state index contributed by atoms with van der Waals surface area (Å²) in [5.41, 5.74) is 0.789. The highest BCUT2D eigenvalue weighted by atomic mass is 35.5. The Morgan fingerprint density at radius 2 is 1.72 bits per heavy atom. The zero-order valence-corrected chi connectivity index (χ0v) is 18.0. The molecule has 1 N–H and O–H groups in total. The van der Waals surface area contributed by atoms with Crippen molar-refractivity contribution in [2.45, 2.75) is 39.8 Å². The van der Waals surface area contributed by atoms with E-state index in [4.69, 9.17) is 16.3 Å². The Hall–Kier alpha value is -2.53. The average Bonchev–Trinajstić information content (AvgIpc) is 2.72. The molecule has 2 amide bonds. The van der Waals surface area contributed by atoms with Crippen LogP contribution in [0.1, 0.15) is 32.8 Å². The molecule has 0 aliphatic heterocycles. The van der Waals surface area contributed by atoms with Gasteiger partial charge >= 0.3 is 0 Å². The highest BCUT2D eigenvalue weighted by Gasteiger charge is 2.29. The average molecular weight is 417 g/mol. The monoisotopic (exact) mass is 416 g/mol. The topological polar surface area (TPSA) is 58.6 Å². The van der Waals surface area contributed by atoms with E-state index in [-0.39, 0.29) is 25.0 Å². The molecule has 5 nitrogen and oxygen atoms in total. The molecule has 0 heterocycles. The zero-order valence-electron chi connectivity index (χ0n) is 17.2. The number of amides is 2. The smallest absolute Gasteiger partial charge is 0.261 e. The van der Waals surface area contributed by atoms with Crippen molar-refractivity contribution >= 4 is 23.4 Å². The van der Waals surface area contributed by atoms with Crippen LogP contribution in [-0.2, 0) is 16.1 Å². The minimum atomic E-state index is -0.600. The van der Waals surface area contributed by atoms with Crippen LogP contribution in [0.15, 0.2) is 54.6 Å². The highest BCUT2D eigenvalue weighted by Crippen LogP contribution is 2.20. The van der Waals surface area contributed by atoms with Crippen molar-refractivity contribution in [2.75, 3.05) is 13.2 Å².